The largest absolute Gasteiger partial charge is 0.493 e. The van der Waals surface area contributed by atoms with Gasteiger partial charge in [0.25, 0.3) is 5.56 Å². The van der Waals surface area contributed by atoms with Gasteiger partial charge in [-0.25, -0.2) is 0 Å². The third kappa shape index (κ3) is 3.17. The molecule has 106 valence electrons. The summed E-state index contributed by atoms with van der Waals surface area (Å²) in [4.78, 5) is 17.3. The first-order chi connectivity index (χ1) is 9.26. The summed E-state index contributed by atoms with van der Waals surface area (Å²) in [5, 5.41) is 9.71. The van der Waals surface area contributed by atoms with Crippen LogP contribution >= 0.6 is 0 Å². The molecule has 0 fully saturated rings. The molecule has 0 saturated carbocycles. The zero-order valence-electron chi connectivity index (χ0n) is 10.5. The number of aromatic amines is 1. The average molecular weight is 284 g/mol. The first-order valence-corrected chi connectivity index (χ1v) is 5.72. The number of halogens is 3. The van der Waals surface area contributed by atoms with Crippen molar-refractivity contribution in [3.05, 3.63) is 46.0 Å². The number of aromatic nitrogens is 2. The van der Waals surface area contributed by atoms with Gasteiger partial charge in [-0.2, -0.15) is 18.2 Å². The van der Waals surface area contributed by atoms with Gasteiger partial charge in [-0.05, 0) is 12.5 Å². The van der Waals surface area contributed by atoms with E-state index in [0.29, 0.717) is 5.56 Å². The van der Waals surface area contributed by atoms with Crippen molar-refractivity contribution in [2.45, 2.75) is 19.5 Å². The molecule has 20 heavy (non-hydrogen) atoms. The summed E-state index contributed by atoms with van der Waals surface area (Å²) in [5.74, 6) is -1.32. The lowest BCUT2D eigenvalue weighted by Crippen LogP contribution is -2.20. The van der Waals surface area contributed by atoms with Crippen molar-refractivity contribution in [1.82, 2.24) is 9.97 Å². The third-order valence-corrected chi connectivity index (χ3v) is 2.62. The Kier molecular flexibility index (Phi) is 3.52. The normalized spacial score (nSPS) is 11.6. The number of alkyl halides is 3. The molecule has 1 heterocycles. The van der Waals surface area contributed by atoms with Crippen LogP contribution in [0, 0.1) is 6.92 Å². The van der Waals surface area contributed by atoms with Crippen molar-refractivity contribution in [3.63, 3.8) is 0 Å². The van der Waals surface area contributed by atoms with E-state index in [9.17, 15) is 23.1 Å². The van der Waals surface area contributed by atoms with Crippen molar-refractivity contribution in [1.29, 1.82) is 0 Å². The standard InChI is InChI=1S/C13H11F3N2O2/c1-7-3-2-4-8(5-7)10-11(19)17-9(18-12(10)20)6-13(14,15)16/h2-5H,6H2,1H3,(H2,17,18,19,20). The molecular weight excluding hydrogens is 273 g/mol. The van der Waals surface area contributed by atoms with E-state index in [1.54, 1.807) is 31.2 Å². The maximum Gasteiger partial charge on any atom is 0.396 e. The van der Waals surface area contributed by atoms with E-state index in [2.05, 4.69) is 4.98 Å². The molecule has 4 nitrogen and oxygen atoms in total. The first kappa shape index (κ1) is 14.1. The molecular formula is C13H11F3N2O2. The Morgan fingerprint density at radius 2 is 2.05 bits per heavy atom. The van der Waals surface area contributed by atoms with Crippen LogP contribution in [0.1, 0.15) is 11.4 Å². The molecule has 0 aliphatic carbocycles. The van der Waals surface area contributed by atoms with Gasteiger partial charge < -0.3 is 10.1 Å². The molecule has 7 heteroatoms. The van der Waals surface area contributed by atoms with Gasteiger partial charge >= 0.3 is 6.18 Å². The monoisotopic (exact) mass is 284 g/mol. The number of H-pyrrole nitrogens is 1. The quantitative estimate of drug-likeness (QED) is 0.890. The molecule has 0 saturated heterocycles. The summed E-state index contributed by atoms with van der Waals surface area (Å²) in [6, 6.07) is 6.67. The highest BCUT2D eigenvalue weighted by Gasteiger charge is 2.30. The van der Waals surface area contributed by atoms with Crippen molar-refractivity contribution < 1.29 is 18.3 Å². The number of aryl methyl sites for hydroxylation is 1. The molecule has 0 atom stereocenters. The lowest BCUT2D eigenvalue weighted by molar-refractivity contribution is -0.128. The number of hydrogen-bond donors (Lipinski definition) is 2. The van der Waals surface area contributed by atoms with Crippen LogP contribution in [0.25, 0.3) is 11.1 Å². The van der Waals surface area contributed by atoms with Crippen LogP contribution in [-0.4, -0.2) is 21.3 Å². The van der Waals surface area contributed by atoms with Crippen molar-refractivity contribution in [3.8, 4) is 17.0 Å². The summed E-state index contributed by atoms with van der Waals surface area (Å²) in [5.41, 5.74) is 0.303. The number of hydrogen-bond acceptors (Lipinski definition) is 3. The Balaban J connectivity index is 2.50. The van der Waals surface area contributed by atoms with Crippen molar-refractivity contribution in [2.75, 3.05) is 0 Å². The topological polar surface area (TPSA) is 66.0 Å². The predicted molar refractivity (Wildman–Crippen MR) is 66.5 cm³/mol. The molecule has 2 N–H and O–H groups in total. The second-order valence-corrected chi connectivity index (χ2v) is 4.37. The van der Waals surface area contributed by atoms with E-state index in [1.165, 1.54) is 0 Å². The molecule has 0 aliphatic heterocycles. The van der Waals surface area contributed by atoms with Gasteiger partial charge in [-0.3, -0.25) is 4.79 Å². The fourth-order valence-electron chi connectivity index (χ4n) is 1.84. The van der Waals surface area contributed by atoms with Gasteiger partial charge in [-0.15, -0.1) is 0 Å². The summed E-state index contributed by atoms with van der Waals surface area (Å²) in [6.07, 6.45) is -5.91. The zero-order valence-corrected chi connectivity index (χ0v) is 10.5. The number of nitrogens with zero attached hydrogens (tertiary/aromatic N) is 1. The second kappa shape index (κ2) is 4.99. The molecule has 0 radical (unpaired) electrons. The minimum atomic E-state index is -4.51. The van der Waals surface area contributed by atoms with Gasteiger partial charge in [0.05, 0.1) is 0 Å². The van der Waals surface area contributed by atoms with E-state index in [4.69, 9.17) is 0 Å². The maximum atomic E-state index is 12.2. The van der Waals surface area contributed by atoms with Crippen LogP contribution in [0.2, 0.25) is 0 Å². The van der Waals surface area contributed by atoms with Crippen molar-refractivity contribution in [2.24, 2.45) is 0 Å². The van der Waals surface area contributed by atoms with Crippen LogP contribution in [-0.2, 0) is 6.42 Å². The maximum absolute atomic E-state index is 12.2. The molecule has 2 aromatic rings. The molecule has 1 aromatic heterocycles. The highest BCUT2D eigenvalue weighted by Crippen LogP contribution is 2.25. The molecule has 0 spiro atoms. The van der Waals surface area contributed by atoms with E-state index in [0.717, 1.165) is 5.56 Å². The highest BCUT2D eigenvalue weighted by molar-refractivity contribution is 5.67. The molecule has 0 unspecified atom stereocenters. The third-order valence-electron chi connectivity index (χ3n) is 2.62. The molecule has 0 amide bonds. The van der Waals surface area contributed by atoms with E-state index < -0.39 is 29.9 Å². The summed E-state index contributed by atoms with van der Waals surface area (Å²) in [7, 11) is 0. The highest BCUT2D eigenvalue weighted by atomic mass is 19.4. The fourth-order valence-corrected chi connectivity index (χ4v) is 1.84. The summed E-state index contributed by atoms with van der Waals surface area (Å²) >= 11 is 0. The van der Waals surface area contributed by atoms with Crippen molar-refractivity contribution >= 4 is 0 Å². The summed E-state index contributed by atoms with van der Waals surface area (Å²) in [6.45, 7) is 1.79. The lowest BCUT2D eigenvalue weighted by atomic mass is 10.1. The van der Waals surface area contributed by atoms with E-state index in [1.807, 2.05) is 4.98 Å². The number of nitrogens with one attached hydrogen (secondary N) is 1. The predicted octanol–water partition coefficient (Wildman–Crippen LogP) is 2.56. The molecule has 2 rings (SSSR count). The SMILES string of the molecule is Cc1cccc(-c2c(O)nc(CC(F)(F)F)[nH]c2=O)c1. The fraction of sp³-hybridized carbons (Fsp3) is 0.231. The zero-order chi connectivity index (χ0) is 14.9. The van der Waals surface area contributed by atoms with Crippen LogP contribution < -0.4 is 5.56 Å². The second-order valence-electron chi connectivity index (χ2n) is 4.37. The Hall–Kier alpha value is -2.31. The van der Waals surface area contributed by atoms with Gasteiger partial charge in [0, 0.05) is 0 Å². The smallest absolute Gasteiger partial charge is 0.396 e. The van der Waals surface area contributed by atoms with Gasteiger partial charge in [0.2, 0.25) is 5.88 Å². The van der Waals surface area contributed by atoms with E-state index >= 15 is 0 Å². The number of aromatic hydroxyl groups is 1. The Bertz CT molecular complexity index is 693. The molecule has 1 aromatic carbocycles. The minimum absolute atomic E-state index is 0.139. The minimum Gasteiger partial charge on any atom is -0.493 e. The van der Waals surface area contributed by atoms with Crippen LogP contribution in [0.4, 0.5) is 13.2 Å². The Labute approximate surface area is 111 Å². The average Bonchev–Trinajstić information content (AvgIpc) is 2.25. The number of rotatable bonds is 2. The number of benzene rings is 1. The van der Waals surface area contributed by atoms with Crippen LogP contribution in [0.15, 0.2) is 29.1 Å². The Morgan fingerprint density at radius 3 is 2.60 bits per heavy atom. The molecule has 0 bridgehead atoms. The van der Waals surface area contributed by atoms with Crippen LogP contribution in [0.5, 0.6) is 5.88 Å². The lowest BCUT2D eigenvalue weighted by Gasteiger charge is -2.08. The van der Waals surface area contributed by atoms with Crippen LogP contribution in [0.3, 0.4) is 0 Å². The Morgan fingerprint density at radius 1 is 1.35 bits per heavy atom. The van der Waals surface area contributed by atoms with Gasteiger partial charge in [0.15, 0.2) is 0 Å². The first-order valence-electron chi connectivity index (χ1n) is 5.72. The van der Waals surface area contributed by atoms with Gasteiger partial charge in [-0.1, -0.05) is 29.8 Å². The summed E-state index contributed by atoms with van der Waals surface area (Å²) < 4.78 is 36.7. The van der Waals surface area contributed by atoms with E-state index in [-0.39, 0.29) is 5.56 Å². The van der Waals surface area contributed by atoms with Gasteiger partial charge in [0.1, 0.15) is 17.8 Å². The molecule has 0 aliphatic rings.